The van der Waals surface area contributed by atoms with Crippen LogP contribution < -0.4 is 5.32 Å². The van der Waals surface area contributed by atoms with E-state index in [9.17, 15) is 9.59 Å². The molecule has 0 fully saturated rings. The lowest BCUT2D eigenvalue weighted by Crippen LogP contribution is -2.32. The lowest BCUT2D eigenvalue weighted by Gasteiger charge is -2.16. The molecule has 1 N–H and O–H groups in total. The molecule has 0 aliphatic carbocycles. The van der Waals surface area contributed by atoms with E-state index in [-0.39, 0.29) is 0 Å². The van der Waals surface area contributed by atoms with Crippen LogP contribution in [0, 0.1) is 0 Å². The first-order valence-corrected chi connectivity index (χ1v) is 14.3. The second-order valence-corrected chi connectivity index (χ2v) is 10.8. The fourth-order valence-corrected chi connectivity index (χ4v) is 5.45. The molecule has 6 aromatic rings. The minimum absolute atomic E-state index is 0.297. The Morgan fingerprint density at radius 3 is 2.52 bits per heavy atom. The third-order valence-electron chi connectivity index (χ3n) is 6.44. The first-order valence-electron chi connectivity index (χ1n) is 12.6. The summed E-state index contributed by atoms with van der Waals surface area (Å²) in [5.41, 5.74) is 4.06. The van der Waals surface area contributed by atoms with E-state index in [1.165, 1.54) is 11.3 Å². The van der Waals surface area contributed by atoms with E-state index >= 15 is 0 Å². The molecule has 0 saturated carbocycles. The van der Waals surface area contributed by atoms with Crippen molar-refractivity contribution in [2.24, 2.45) is 0 Å². The van der Waals surface area contributed by atoms with Crippen LogP contribution in [-0.2, 0) is 9.53 Å². The molecule has 0 spiro atoms. The molecule has 198 valence electrons. The Labute approximate surface area is 242 Å². The van der Waals surface area contributed by atoms with Crippen LogP contribution in [0.1, 0.15) is 23.7 Å². The number of carbonyl (C=O) groups is 2. The summed E-state index contributed by atoms with van der Waals surface area (Å²) in [5, 5.41) is 6.58. The van der Waals surface area contributed by atoms with Gasteiger partial charge in [-0.3, -0.25) is 10.1 Å². The summed E-state index contributed by atoms with van der Waals surface area (Å²) in [6.45, 7) is 1.79. The molecule has 0 radical (unpaired) electrons. The van der Waals surface area contributed by atoms with Gasteiger partial charge in [-0.15, -0.1) is 11.3 Å². The summed E-state index contributed by atoms with van der Waals surface area (Å²) < 4.78 is 12.7. The number of nitrogens with one attached hydrogen (secondary N) is 1. The van der Waals surface area contributed by atoms with E-state index in [1.807, 2.05) is 78.2 Å². The highest BCUT2D eigenvalue weighted by Crippen LogP contribution is 2.33. The largest absolute Gasteiger partial charge is 0.449 e. The van der Waals surface area contributed by atoms with Gasteiger partial charge in [-0.25, -0.2) is 14.8 Å². The zero-order chi connectivity index (χ0) is 27.6. The molecule has 0 bridgehead atoms. The van der Waals surface area contributed by atoms with Crippen molar-refractivity contribution in [2.75, 3.05) is 5.32 Å². The van der Waals surface area contributed by atoms with E-state index < -0.39 is 18.0 Å². The van der Waals surface area contributed by atoms with E-state index in [4.69, 9.17) is 9.15 Å². The molecule has 1 amide bonds. The van der Waals surface area contributed by atoms with Crippen LogP contribution in [0.15, 0.2) is 99.2 Å². The van der Waals surface area contributed by atoms with Crippen LogP contribution in [0.2, 0.25) is 0 Å². The molecule has 40 heavy (non-hydrogen) atoms. The fraction of sp³-hybridized carbons (Fsp3) is 0.0968. The molecule has 2 aromatic heterocycles. The molecule has 0 saturated heterocycles. The number of hydrogen-bond acceptors (Lipinski definition) is 7. The number of rotatable bonds is 7. The number of thiazole rings is 1. The maximum absolute atomic E-state index is 13.5. The highest BCUT2D eigenvalue weighted by Gasteiger charge is 2.25. The van der Waals surface area contributed by atoms with Crippen LogP contribution in [0.5, 0.6) is 0 Å². The number of halogens is 1. The Morgan fingerprint density at radius 2 is 1.75 bits per heavy atom. The van der Waals surface area contributed by atoms with Crippen molar-refractivity contribution in [1.82, 2.24) is 9.97 Å². The maximum atomic E-state index is 13.5. The van der Waals surface area contributed by atoms with Gasteiger partial charge in [-0.2, -0.15) is 0 Å². The first kappa shape index (κ1) is 25.9. The summed E-state index contributed by atoms with van der Waals surface area (Å²) in [5.74, 6) is -0.639. The highest BCUT2D eigenvalue weighted by molar-refractivity contribution is 9.10. The second kappa shape index (κ2) is 11.0. The van der Waals surface area contributed by atoms with Gasteiger partial charge in [0.25, 0.3) is 5.91 Å². The number of fused-ring (bicyclic) bond motifs is 2. The number of aromatic nitrogens is 2. The molecule has 9 heteroatoms. The van der Waals surface area contributed by atoms with Gasteiger partial charge >= 0.3 is 5.97 Å². The predicted octanol–water partition coefficient (Wildman–Crippen LogP) is 8.11. The number of hydrogen-bond donors (Lipinski definition) is 1. The van der Waals surface area contributed by atoms with Gasteiger partial charge in [0.05, 0.1) is 11.3 Å². The summed E-state index contributed by atoms with van der Waals surface area (Å²) in [7, 11) is 0. The average molecular weight is 613 g/mol. The van der Waals surface area contributed by atoms with Crippen LogP contribution in [0.25, 0.3) is 44.6 Å². The van der Waals surface area contributed by atoms with E-state index in [2.05, 4.69) is 31.2 Å². The number of esters is 1. The molecule has 0 aliphatic heterocycles. The predicted molar refractivity (Wildman–Crippen MR) is 160 cm³/mol. The molecular formula is C31H22BrN3O4S. The van der Waals surface area contributed by atoms with E-state index in [1.54, 1.807) is 19.1 Å². The SMILES string of the molecule is CCC(OC(=O)c1cccc2cccc(-c3nc4ccccc4o3)c12)C(=O)Nc1nc(-c2ccc(Br)cc2)cs1. The minimum atomic E-state index is -1.00. The van der Waals surface area contributed by atoms with Crippen LogP contribution in [0.3, 0.4) is 0 Å². The Balaban J connectivity index is 1.25. The molecule has 6 rings (SSSR count). The fourth-order valence-electron chi connectivity index (χ4n) is 4.46. The van der Waals surface area contributed by atoms with Crippen molar-refractivity contribution in [2.45, 2.75) is 19.4 Å². The number of amides is 1. The monoisotopic (exact) mass is 611 g/mol. The highest BCUT2D eigenvalue weighted by atomic mass is 79.9. The minimum Gasteiger partial charge on any atom is -0.449 e. The van der Waals surface area contributed by atoms with Crippen molar-refractivity contribution >= 4 is 66.1 Å². The zero-order valence-electron chi connectivity index (χ0n) is 21.3. The normalized spacial score (nSPS) is 11.9. The standard InChI is InChI=1S/C31H22BrN3O4S/c1-2-25(28(36)35-31-34-24(17-40-31)18-13-15-20(32)16-14-18)39-30(37)22-10-6-8-19-7-5-9-21(27(19)22)29-33-23-11-3-4-12-26(23)38-29/h3-17,25H,2H2,1H3,(H,34,35,36). The van der Waals surface area contributed by atoms with Crippen LogP contribution in [0.4, 0.5) is 5.13 Å². The lowest BCUT2D eigenvalue weighted by molar-refractivity contribution is -0.124. The van der Waals surface area contributed by atoms with Gasteiger partial charge in [0.1, 0.15) is 5.52 Å². The lowest BCUT2D eigenvalue weighted by atomic mass is 9.99. The zero-order valence-corrected chi connectivity index (χ0v) is 23.7. The summed E-state index contributed by atoms with van der Waals surface area (Å²) in [6, 6.07) is 26.3. The number of ether oxygens (including phenoxy) is 1. The molecular weight excluding hydrogens is 590 g/mol. The number of para-hydroxylation sites is 2. The smallest absolute Gasteiger partial charge is 0.339 e. The summed E-state index contributed by atoms with van der Waals surface area (Å²) in [6.07, 6.45) is -0.704. The number of carbonyl (C=O) groups excluding carboxylic acids is 2. The van der Waals surface area contributed by atoms with Crippen LogP contribution >= 0.6 is 27.3 Å². The third kappa shape index (κ3) is 5.13. The maximum Gasteiger partial charge on any atom is 0.339 e. The molecule has 0 aliphatic rings. The number of oxazole rings is 1. The molecule has 4 aromatic carbocycles. The third-order valence-corrected chi connectivity index (χ3v) is 7.72. The van der Waals surface area contributed by atoms with Crippen LogP contribution in [-0.4, -0.2) is 27.9 Å². The molecule has 2 heterocycles. The second-order valence-electron chi connectivity index (χ2n) is 9.03. The Hall–Kier alpha value is -4.34. The Kier molecular flexibility index (Phi) is 7.15. The van der Waals surface area contributed by atoms with Crippen molar-refractivity contribution in [3.05, 3.63) is 100 Å². The molecule has 1 unspecified atom stereocenters. The van der Waals surface area contributed by atoms with Crippen molar-refractivity contribution in [3.8, 4) is 22.7 Å². The van der Waals surface area contributed by atoms with Gasteiger partial charge in [-0.05, 0) is 48.2 Å². The van der Waals surface area contributed by atoms with Gasteiger partial charge in [-0.1, -0.05) is 71.4 Å². The quantitative estimate of drug-likeness (QED) is 0.183. The molecule has 1 atom stereocenters. The van der Waals surface area contributed by atoms with Gasteiger partial charge in [0.2, 0.25) is 5.89 Å². The Bertz CT molecular complexity index is 1820. The van der Waals surface area contributed by atoms with E-state index in [0.29, 0.717) is 39.5 Å². The van der Waals surface area contributed by atoms with Gasteiger partial charge < -0.3 is 9.15 Å². The Morgan fingerprint density at radius 1 is 0.975 bits per heavy atom. The number of anilines is 1. The van der Waals surface area contributed by atoms with Crippen molar-refractivity contribution in [1.29, 1.82) is 0 Å². The summed E-state index contributed by atoms with van der Waals surface area (Å²) in [4.78, 5) is 35.7. The van der Waals surface area contributed by atoms with Crippen molar-refractivity contribution in [3.63, 3.8) is 0 Å². The van der Waals surface area contributed by atoms with Crippen molar-refractivity contribution < 1.29 is 18.7 Å². The van der Waals surface area contributed by atoms with E-state index in [0.717, 1.165) is 26.6 Å². The average Bonchev–Trinajstić information content (AvgIpc) is 3.62. The first-order chi connectivity index (χ1) is 19.5. The topological polar surface area (TPSA) is 94.3 Å². The number of benzene rings is 4. The number of nitrogens with zero attached hydrogens (tertiary/aromatic N) is 2. The summed E-state index contributed by atoms with van der Waals surface area (Å²) >= 11 is 4.74. The van der Waals surface area contributed by atoms with Gasteiger partial charge in [0, 0.05) is 26.4 Å². The van der Waals surface area contributed by atoms with Gasteiger partial charge in [0.15, 0.2) is 16.8 Å². The molecule has 7 nitrogen and oxygen atoms in total.